The van der Waals surface area contributed by atoms with Gasteiger partial charge in [-0.05, 0) is 37.3 Å². The Hall–Kier alpha value is -3.52. The fourth-order valence-corrected chi connectivity index (χ4v) is 3.87. The highest BCUT2D eigenvalue weighted by atomic mass is 35.5. The maximum absolute atomic E-state index is 13.3. The highest BCUT2D eigenvalue weighted by Gasteiger charge is 2.28. The lowest BCUT2D eigenvalue weighted by Crippen LogP contribution is -2.51. The number of para-hydroxylation sites is 1. The first kappa shape index (κ1) is 21.7. The third-order valence-electron chi connectivity index (χ3n) is 5.33. The van der Waals surface area contributed by atoms with E-state index in [9.17, 15) is 18.8 Å². The number of carbonyl (C=O) groups excluding carboxylic acids is 2. The average molecular weight is 455 g/mol. The summed E-state index contributed by atoms with van der Waals surface area (Å²) in [5, 5.41) is 4.36. The molecule has 32 heavy (non-hydrogen) atoms. The maximum Gasteiger partial charge on any atom is 0.278 e. The summed E-state index contributed by atoms with van der Waals surface area (Å²) in [6.45, 7) is 2.75. The Morgan fingerprint density at radius 1 is 0.938 bits per heavy atom. The summed E-state index contributed by atoms with van der Waals surface area (Å²) in [5.41, 5.74) is 0.950. The van der Waals surface area contributed by atoms with Crippen LogP contribution in [0.25, 0.3) is 5.69 Å². The van der Waals surface area contributed by atoms with Gasteiger partial charge in [-0.3, -0.25) is 14.4 Å². The van der Waals surface area contributed by atoms with Crippen molar-refractivity contribution in [3.8, 4) is 5.69 Å². The van der Waals surface area contributed by atoms with Crippen LogP contribution < -0.4 is 5.43 Å². The van der Waals surface area contributed by atoms with E-state index in [1.54, 1.807) is 16.5 Å². The molecule has 164 valence electrons. The van der Waals surface area contributed by atoms with Gasteiger partial charge < -0.3 is 9.80 Å². The van der Waals surface area contributed by atoms with Crippen molar-refractivity contribution in [3.05, 3.63) is 92.6 Å². The van der Waals surface area contributed by atoms with E-state index in [-0.39, 0.29) is 48.4 Å². The molecule has 0 saturated carbocycles. The van der Waals surface area contributed by atoms with E-state index in [0.29, 0.717) is 5.69 Å². The topological polar surface area (TPSA) is 75.5 Å². The van der Waals surface area contributed by atoms with Crippen LogP contribution in [0.4, 0.5) is 4.39 Å². The number of aromatic nitrogens is 2. The summed E-state index contributed by atoms with van der Waals surface area (Å²) in [7, 11) is 0. The van der Waals surface area contributed by atoms with Crippen LogP contribution in [0.2, 0.25) is 5.02 Å². The Morgan fingerprint density at radius 3 is 2.19 bits per heavy atom. The Morgan fingerprint density at radius 2 is 1.56 bits per heavy atom. The molecule has 0 spiro atoms. The number of amides is 2. The molecule has 0 bridgehead atoms. The molecule has 1 aliphatic rings. The van der Waals surface area contributed by atoms with Gasteiger partial charge in [0.05, 0.1) is 16.3 Å². The molecule has 9 heteroatoms. The number of rotatable bonds is 3. The minimum atomic E-state index is -0.520. The van der Waals surface area contributed by atoms with Gasteiger partial charge in [-0.1, -0.05) is 29.8 Å². The third kappa shape index (κ3) is 4.27. The number of hydrogen-bond acceptors (Lipinski definition) is 4. The van der Waals surface area contributed by atoms with Crippen molar-refractivity contribution in [3.63, 3.8) is 0 Å². The smallest absolute Gasteiger partial charge is 0.278 e. The van der Waals surface area contributed by atoms with Gasteiger partial charge in [0.25, 0.3) is 11.8 Å². The van der Waals surface area contributed by atoms with Gasteiger partial charge in [0.15, 0.2) is 5.69 Å². The number of piperazine rings is 1. The molecule has 4 rings (SSSR count). The summed E-state index contributed by atoms with van der Waals surface area (Å²) in [5.74, 6) is -1.33. The monoisotopic (exact) mass is 454 g/mol. The molecule has 7 nitrogen and oxygen atoms in total. The molecular weight excluding hydrogens is 435 g/mol. The normalized spacial score (nSPS) is 13.8. The van der Waals surface area contributed by atoms with Crippen molar-refractivity contribution >= 4 is 23.4 Å². The highest BCUT2D eigenvalue weighted by molar-refractivity contribution is 6.33. The van der Waals surface area contributed by atoms with Gasteiger partial charge in [0, 0.05) is 37.9 Å². The molecule has 2 amide bonds. The Labute approximate surface area is 188 Å². The van der Waals surface area contributed by atoms with Gasteiger partial charge in [0.1, 0.15) is 5.82 Å². The standard InChI is InChI=1S/C23H20ClFN4O3/c1-15-13-20(30)21(26-29(15)17-5-3-2-4-6-17)23(32)28-11-9-27(10-12-28)22(31)18-8-7-16(25)14-19(18)24/h2-8,13-14H,9-12H2,1H3. The van der Waals surface area contributed by atoms with Gasteiger partial charge in [0.2, 0.25) is 5.43 Å². The first-order valence-corrected chi connectivity index (χ1v) is 10.4. The molecule has 0 atom stereocenters. The van der Waals surface area contributed by atoms with Crippen molar-refractivity contribution in [1.82, 2.24) is 19.6 Å². The zero-order valence-corrected chi connectivity index (χ0v) is 18.1. The molecule has 3 aromatic rings. The van der Waals surface area contributed by atoms with Gasteiger partial charge in [-0.15, -0.1) is 0 Å². The quantitative estimate of drug-likeness (QED) is 0.609. The second-order valence-electron chi connectivity index (χ2n) is 7.45. The van der Waals surface area contributed by atoms with E-state index in [0.717, 1.165) is 11.8 Å². The zero-order chi connectivity index (χ0) is 22.8. The van der Waals surface area contributed by atoms with Crippen molar-refractivity contribution in [2.45, 2.75) is 6.92 Å². The summed E-state index contributed by atoms with van der Waals surface area (Å²) in [6, 6.07) is 14.2. The zero-order valence-electron chi connectivity index (χ0n) is 17.3. The largest absolute Gasteiger partial charge is 0.335 e. The average Bonchev–Trinajstić information content (AvgIpc) is 2.79. The van der Waals surface area contributed by atoms with E-state index in [4.69, 9.17) is 11.6 Å². The van der Waals surface area contributed by atoms with Crippen LogP contribution in [0, 0.1) is 12.7 Å². The molecule has 0 N–H and O–H groups in total. The van der Waals surface area contributed by atoms with E-state index in [2.05, 4.69) is 5.10 Å². The minimum absolute atomic E-state index is 0.0406. The molecule has 0 unspecified atom stereocenters. The van der Waals surface area contributed by atoms with Gasteiger partial charge in [-0.2, -0.15) is 5.10 Å². The van der Waals surface area contributed by atoms with Crippen LogP contribution in [0.5, 0.6) is 0 Å². The molecule has 0 aliphatic carbocycles. The third-order valence-corrected chi connectivity index (χ3v) is 5.64. The highest BCUT2D eigenvalue weighted by Crippen LogP contribution is 2.20. The van der Waals surface area contributed by atoms with Crippen LogP contribution in [0.1, 0.15) is 26.5 Å². The van der Waals surface area contributed by atoms with Crippen molar-refractivity contribution in [2.24, 2.45) is 0 Å². The van der Waals surface area contributed by atoms with Crippen LogP contribution in [-0.2, 0) is 0 Å². The van der Waals surface area contributed by atoms with Crippen molar-refractivity contribution < 1.29 is 14.0 Å². The molecule has 2 aromatic carbocycles. The van der Waals surface area contributed by atoms with Crippen molar-refractivity contribution in [1.29, 1.82) is 0 Å². The van der Waals surface area contributed by atoms with Crippen LogP contribution in [0.3, 0.4) is 0 Å². The lowest BCUT2D eigenvalue weighted by Gasteiger charge is -2.34. The Bertz CT molecular complexity index is 1240. The summed E-state index contributed by atoms with van der Waals surface area (Å²) in [4.78, 5) is 41.3. The Kier molecular flexibility index (Phi) is 6.05. The fraction of sp³-hybridized carbons (Fsp3) is 0.217. The molecule has 1 saturated heterocycles. The van der Waals surface area contributed by atoms with E-state index < -0.39 is 17.2 Å². The summed E-state index contributed by atoms with van der Waals surface area (Å²) >= 11 is 6.00. The van der Waals surface area contributed by atoms with Crippen molar-refractivity contribution in [2.75, 3.05) is 26.2 Å². The lowest BCUT2D eigenvalue weighted by molar-refractivity contribution is 0.0530. The minimum Gasteiger partial charge on any atom is -0.335 e. The predicted molar refractivity (Wildman–Crippen MR) is 118 cm³/mol. The fourth-order valence-electron chi connectivity index (χ4n) is 3.62. The first-order chi connectivity index (χ1) is 15.3. The van der Waals surface area contributed by atoms with Crippen LogP contribution in [0.15, 0.2) is 59.4 Å². The predicted octanol–water partition coefficient (Wildman–Crippen LogP) is 2.93. The molecule has 1 aliphatic heterocycles. The van der Waals surface area contributed by atoms with E-state index in [1.807, 2.05) is 30.3 Å². The molecule has 1 fully saturated rings. The first-order valence-electron chi connectivity index (χ1n) is 10.0. The number of aryl methyl sites for hydroxylation is 1. The molecule has 1 aromatic heterocycles. The number of nitrogens with zero attached hydrogens (tertiary/aromatic N) is 4. The van der Waals surface area contributed by atoms with E-state index in [1.165, 1.54) is 23.1 Å². The molecule has 2 heterocycles. The summed E-state index contributed by atoms with van der Waals surface area (Å²) in [6.07, 6.45) is 0. The van der Waals surface area contributed by atoms with E-state index >= 15 is 0 Å². The van der Waals surface area contributed by atoms with Crippen LogP contribution in [-0.4, -0.2) is 57.6 Å². The SMILES string of the molecule is Cc1cc(=O)c(C(=O)N2CCN(C(=O)c3ccc(F)cc3Cl)CC2)nn1-c1ccccc1. The maximum atomic E-state index is 13.3. The van der Waals surface area contributed by atoms with Gasteiger partial charge in [-0.25, -0.2) is 9.07 Å². The lowest BCUT2D eigenvalue weighted by atomic mass is 10.1. The summed E-state index contributed by atoms with van der Waals surface area (Å²) < 4.78 is 14.8. The number of benzene rings is 2. The number of halogens is 2. The molecular formula is C23H20ClFN4O3. The second kappa shape index (κ2) is 8.92. The number of hydrogen-bond donors (Lipinski definition) is 0. The second-order valence-corrected chi connectivity index (χ2v) is 7.86. The molecule has 0 radical (unpaired) electrons. The Balaban J connectivity index is 1.50. The number of carbonyl (C=O) groups is 2. The van der Waals surface area contributed by atoms with Gasteiger partial charge >= 0.3 is 0 Å². The van der Waals surface area contributed by atoms with Crippen LogP contribution >= 0.6 is 11.6 Å².